The average Bonchev–Trinajstić information content (AvgIpc) is 1.65. The molecule has 0 amide bonds. The molecule has 0 radical (unpaired) electrons. The van der Waals surface area contributed by atoms with Crippen LogP contribution in [0.2, 0.25) is 0 Å². The Hall–Kier alpha value is -0.790. The first-order valence-electron chi connectivity index (χ1n) is 2.39. The van der Waals surface area contributed by atoms with E-state index in [1.54, 1.807) is 6.92 Å². The van der Waals surface area contributed by atoms with Gasteiger partial charge in [-0.1, -0.05) is 0 Å². The summed E-state index contributed by atoms with van der Waals surface area (Å²) in [7, 11) is 0. The Morgan fingerprint density at radius 1 is 1.50 bits per heavy atom. The maximum absolute atomic E-state index is 11.9. The average molecular weight is 115 g/mol. The molecule has 0 atom stereocenters. The molecular weight excluding hydrogens is 105 g/mol. The van der Waals surface area contributed by atoms with Crippen LogP contribution in [0.3, 0.4) is 0 Å². The highest BCUT2D eigenvalue weighted by Gasteiger charge is 1.81. The molecule has 0 saturated carbocycles. The molecule has 46 valence electrons. The molecule has 0 saturated heterocycles. The van der Waals surface area contributed by atoms with Crippen molar-refractivity contribution in [3.05, 3.63) is 23.7 Å². The van der Waals surface area contributed by atoms with E-state index in [9.17, 15) is 4.39 Å². The summed E-state index contributed by atoms with van der Waals surface area (Å²) < 4.78 is 11.9. The molecule has 0 aliphatic heterocycles. The maximum Gasteiger partial charge on any atom is 0.0971 e. The van der Waals surface area contributed by atoms with Gasteiger partial charge in [0, 0.05) is 0 Å². The normalized spacial score (nSPS) is 14.4. The van der Waals surface area contributed by atoms with Crippen molar-refractivity contribution >= 4 is 0 Å². The number of rotatable bonds is 1. The molecule has 1 nitrogen and oxygen atoms in total. The second-order valence-corrected chi connectivity index (χ2v) is 1.64. The summed E-state index contributed by atoms with van der Waals surface area (Å²) in [5.41, 5.74) is 5.79. The number of nitrogens with two attached hydrogens (primary N) is 1. The third-order valence-electron chi connectivity index (χ3n) is 0.689. The van der Waals surface area contributed by atoms with Gasteiger partial charge in [-0.3, -0.25) is 0 Å². The zero-order chi connectivity index (χ0) is 6.57. The van der Waals surface area contributed by atoms with Crippen molar-refractivity contribution in [3.63, 3.8) is 0 Å². The van der Waals surface area contributed by atoms with Crippen LogP contribution in [0.1, 0.15) is 13.8 Å². The summed E-state index contributed by atoms with van der Waals surface area (Å²) in [5, 5.41) is 0. The first kappa shape index (κ1) is 7.21. The summed E-state index contributed by atoms with van der Waals surface area (Å²) in [5.74, 6) is -0.218. The van der Waals surface area contributed by atoms with Crippen LogP contribution in [0, 0.1) is 0 Å². The molecule has 0 aliphatic rings. The molecule has 0 aromatic rings. The van der Waals surface area contributed by atoms with Gasteiger partial charge in [0.05, 0.1) is 5.83 Å². The summed E-state index contributed by atoms with van der Waals surface area (Å²) in [6, 6.07) is 0. The van der Waals surface area contributed by atoms with E-state index in [0.29, 0.717) is 0 Å². The molecule has 8 heavy (non-hydrogen) atoms. The molecule has 0 aromatic carbocycles. The van der Waals surface area contributed by atoms with Gasteiger partial charge in [0.2, 0.25) is 0 Å². The van der Waals surface area contributed by atoms with Gasteiger partial charge >= 0.3 is 0 Å². The molecule has 0 bridgehead atoms. The fourth-order valence-electron chi connectivity index (χ4n) is 0.362. The second-order valence-electron chi connectivity index (χ2n) is 1.64. The minimum absolute atomic E-state index is 0.218. The zero-order valence-electron chi connectivity index (χ0n) is 5.11. The van der Waals surface area contributed by atoms with Crippen LogP contribution >= 0.6 is 0 Å². The summed E-state index contributed by atoms with van der Waals surface area (Å²) in [6.45, 7) is 3.12. The quantitative estimate of drug-likeness (QED) is 0.517. The fraction of sp³-hybridized carbons (Fsp3) is 0.333. The van der Waals surface area contributed by atoms with E-state index in [4.69, 9.17) is 5.73 Å². The monoisotopic (exact) mass is 115 g/mol. The van der Waals surface area contributed by atoms with Crippen molar-refractivity contribution < 1.29 is 4.39 Å². The topological polar surface area (TPSA) is 26.0 Å². The summed E-state index contributed by atoms with van der Waals surface area (Å²) in [6.07, 6.45) is 2.74. The van der Waals surface area contributed by atoms with Gasteiger partial charge in [0.15, 0.2) is 0 Å². The van der Waals surface area contributed by atoms with Gasteiger partial charge in [-0.15, -0.1) is 0 Å². The minimum Gasteiger partial charge on any atom is -0.404 e. The van der Waals surface area contributed by atoms with Crippen LogP contribution in [-0.2, 0) is 0 Å². The lowest BCUT2D eigenvalue weighted by molar-refractivity contribution is 0.639. The Kier molecular flexibility index (Phi) is 2.92. The van der Waals surface area contributed by atoms with E-state index in [1.165, 1.54) is 19.2 Å². The van der Waals surface area contributed by atoms with Crippen molar-refractivity contribution in [1.82, 2.24) is 0 Å². The van der Waals surface area contributed by atoms with E-state index in [-0.39, 0.29) is 5.83 Å². The molecule has 0 heterocycles. The molecule has 0 spiro atoms. The van der Waals surface area contributed by atoms with Gasteiger partial charge < -0.3 is 5.73 Å². The van der Waals surface area contributed by atoms with E-state index in [2.05, 4.69) is 0 Å². The van der Waals surface area contributed by atoms with Gasteiger partial charge in [-0.2, -0.15) is 0 Å². The molecular formula is C6H10FN. The number of hydrogen-bond donors (Lipinski definition) is 1. The van der Waals surface area contributed by atoms with Crippen LogP contribution in [0.4, 0.5) is 4.39 Å². The largest absolute Gasteiger partial charge is 0.404 e. The van der Waals surface area contributed by atoms with Crippen LogP contribution in [0.5, 0.6) is 0 Å². The van der Waals surface area contributed by atoms with Gasteiger partial charge in [-0.05, 0) is 31.7 Å². The van der Waals surface area contributed by atoms with E-state index >= 15 is 0 Å². The van der Waals surface area contributed by atoms with Crippen molar-refractivity contribution in [1.29, 1.82) is 0 Å². The lowest BCUT2D eigenvalue weighted by Crippen LogP contribution is -1.80. The Bertz CT molecular complexity index is 120. The predicted molar refractivity (Wildman–Crippen MR) is 32.8 cm³/mol. The highest BCUT2D eigenvalue weighted by Crippen LogP contribution is 1.99. The summed E-state index contributed by atoms with van der Waals surface area (Å²) in [4.78, 5) is 0. The van der Waals surface area contributed by atoms with Crippen molar-refractivity contribution in [3.8, 4) is 0 Å². The first-order valence-corrected chi connectivity index (χ1v) is 2.39. The van der Waals surface area contributed by atoms with E-state index < -0.39 is 0 Å². The maximum atomic E-state index is 11.9. The number of allylic oxidation sites excluding steroid dienone is 3. The SMILES string of the molecule is CC(=C/N)/C=C(\C)F. The van der Waals surface area contributed by atoms with Crippen LogP contribution in [0.15, 0.2) is 23.7 Å². The van der Waals surface area contributed by atoms with E-state index in [1.807, 2.05) is 0 Å². The number of hydrogen-bond acceptors (Lipinski definition) is 1. The molecule has 0 aromatic heterocycles. The first-order chi connectivity index (χ1) is 3.66. The molecule has 0 aliphatic carbocycles. The van der Waals surface area contributed by atoms with Crippen LogP contribution < -0.4 is 5.73 Å². The van der Waals surface area contributed by atoms with Crippen LogP contribution in [-0.4, -0.2) is 0 Å². The fourth-order valence-corrected chi connectivity index (χ4v) is 0.362. The smallest absolute Gasteiger partial charge is 0.0971 e. The van der Waals surface area contributed by atoms with Crippen molar-refractivity contribution in [2.75, 3.05) is 0 Å². The Balaban J connectivity index is 3.89. The zero-order valence-corrected chi connectivity index (χ0v) is 5.11. The van der Waals surface area contributed by atoms with Gasteiger partial charge in [-0.25, -0.2) is 4.39 Å². The molecule has 0 unspecified atom stereocenters. The lowest BCUT2D eigenvalue weighted by atomic mass is 10.3. The third kappa shape index (κ3) is 3.40. The van der Waals surface area contributed by atoms with Gasteiger partial charge in [0.1, 0.15) is 0 Å². The molecule has 0 fully saturated rings. The molecule has 2 N–H and O–H groups in total. The highest BCUT2D eigenvalue weighted by molar-refractivity contribution is 5.15. The van der Waals surface area contributed by atoms with Gasteiger partial charge in [0.25, 0.3) is 0 Å². The minimum atomic E-state index is -0.218. The Labute approximate surface area is 48.7 Å². The standard InChI is InChI=1S/C6H10FN/c1-5(4-8)3-6(2)7/h3-4H,8H2,1-2H3/b5-4-,6-3+. The lowest BCUT2D eigenvalue weighted by Gasteiger charge is -1.85. The molecule has 2 heteroatoms. The van der Waals surface area contributed by atoms with Crippen molar-refractivity contribution in [2.45, 2.75) is 13.8 Å². The second kappa shape index (κ2) is 3.24. The molecule has 0 rings (SSSR count). The third-order valence-corrected chi connectivity index (χ3v) is 0.689. The van der Waals surface area contributed by atoms with Crippen molar-refractivity contribution in [2.24, 2.45) is 5.73 Å². The summed E-state index contributed by atoms with van der Waals surface area (Å²) >= 11 is 0. The Morgan fingerprint density at radius 3 is 2.12 bits per heavy atom. The number of halogens is 1. The predicted octanol–water partition coefficient (Wildman–Crippen LogP) is 1.72. The Morgan fingerprint density at radius 2 is 2.00 bits per heavy atom. The van der Waals surface area contributed by atoms with E-state index in [0.717, 1.165) is 5.57 Å². The van der Waals surface area contributed by atoms with Crippen LogP contribution in [0.25, 0.3) is 0 Å². The highest BCUT2D eigenvalue weighted by atomic mass is 19.1.